The average Bonchev–Trinajstić information content (AvgIpc) is 2.75. The highest BCUT2D eigenvalue weighted by Gasteiger charge is 2.21. The smallest absolute Gasteiger partial charge is 0.145 e. The fourth-order valence-corrected chi connectivity index (χ4v) is 2.38. The van der Waals surface area contributed by atoms with Gasteiger partial charge in [0.1, 0.15) is 11.6 Å². The van der Waals surface area contributed by atoms with Crippen LogP contribution in [-0.4, -0.2) is 39.2 Å². The number of anilines is 1. The number of hydrogen-bond donors (Lipinski definition) is 2. The summed E-state index contributed by atoms with van der Waals surface area (Å²) in [6, 6.07) is 7.74. The Morgan fingerprint density at radius 1 is 1.33 bits per heavy atom. The molecular weight excluding hydrogens is 228 g/mol. The Morgan fingerprint density at radius 3 is 2.94 bits per heavy atom. The first-order valence-corrected chi connectivity index (χ1v) is 6.14. The van der Waals surface area contributed by atoms with Crippen LogP contribution in [0.2, 0.25) is 0 Å². The van der Waals surface area contributed by atoms with E-state index in [1.807, 2.05) is 24.3 Å². The highest BCUT2D eigenvalue weighted by molar-refractivity contribution is 5.87. The summed E-state index contributed by atoms with van der Waals surface area (Å²) in [5, 5.41) is 10.4. The maximum absolute atomic E-state index is 9.50. The maximum atomic E-state index is 9.50. The van der Waals surface area contributed by atoms with Crippen molar-refractivity contribution in [3.05, 3.63) is 30.1 Å². The number of nitrogen functional groups attached to an aromatic ring is 1. The maximum Gasteiger partial charge on any atom is 0.145 e. The molecule has 18 heavy (non-hydrogen) atoms. The first-order chi connectivity index (χ1) is 8.72. The summed E-state index contributed by atoms with van der Waals surface area (Å²) in [7, 11) is 0. The lowest BCUT2D eigenvalue weighted by atomic mass is 10.2. The zero-order valence-electron chi connectivity index (χ0n) is 10.1. The Morgan fingerprint density at radius 2 is 2.17 bits per heavy atom. The van der Waals surface area contributed by atoms with Gasteiger partial charge in [0.25, 0.3) is 0 Å². The number of aliphatic hydroxyl groups excluding tert-OH is 1. The minimum Gasteiger partial charge on any atom is -0.392 e. The molecule has 1 aromatic heterocycles. The number of likely N-dealkylation sites (tertiary alicyclic amines) is 1. The number of para-hydroxylation sites is 1. The topological polar surface area (TPSA) is 75.3 Å². The summed E-state index contributed by atoms with van der Waals surface area (Å²) in [5.41, 5.74) is 6.81. The Hall–Kier alpha value is -1.72. The van der Waals surface area contributed by atoms with Crippen LogP contribution in [-0.2, 0) is 6.54 Å². The molecule has 0 aliphatic carbocycles. The van der Waals surface area contributed by atoms with E-state index in [4.69, 9.17) is 5.73 Å². The van der Waals surface area contributed by atoms with Gasteiger partial charge in [0.15, 0.2) is 0 Å². The number of aromatic nitrogens is 2. The van der Waals surface area contributed by atoms with Crippen molar-refractivity contribution in [3.8, 4) is 0 Å². The lowest BCUT2D eigenvalue weighted by Gasteiger charge is -2.14. The zero-order chi connectivity index (χ0) is 12.5. The molecule has 0 spiro atoms. The van der Waals surface area contributed by atoms with Crippen molar-refractivity contribution in [1.82, 2.24) is 14.9 Å². The van der Waals surface area contributed by atoms with E-state index in [1.54, 1.807) is 0 Å². The van der Waals surface area contributed by atoms with E-state index in [9.17, 15) is 5.11 Å². The van der Waals surface area contributed by atoms with Gasteiger partial charge in [0, 0.05) is 18.5 Å². The van der Waals surface area contributed by atoms with E-state index < -0.39 is 0 Å². The molecular formula is C13H16N4O. The largest absolute Gasteiger partial charge is 0.392 e. The van der Waals surface area contributed by atoms with Crippen LogP contribution in [0.25, 0.3) is 10.9 Å². The third-order valence-electron chi connectivity index (χ3n) is 3.29. The van der Waals surface area contributed by atoms with E-state index in [1.165, 1.54) is 0 Å². The Labute approximate surface area is 105 Å². The quantitative estimate of drug-likeness (QED) is 0.816. The number of nitrogens with two attached hydrogens (primary N) is 1. The lowest BCUT2D eigenvalue weighted by molar-refractivity contribution is 0.174. The number of benzene rings is 1. The molecule has 0 radical (unpaired) electrons. The molecule has 0 unspecified atom stereocenters. The van der Waals surface area contributed by atoms with Crippen LogP contribution in [0.3, 0.4) is 0 Å². The van der Waals surface area contributed by atoms with Gasteiger partial charge in [-0.15, -0.1) is 0 Å². The molecule has 0 amide bonds. The van der Waals surface area contributed by atoms with Crippen molar-refractivity contribution in [2.45, 2.75) is 19.1 Å². The fourth-order valence-electron chi connectivity index (χ4n) is 2.38. The van der Waals surface area contributed by atoms with Crippen LogP contribution in [0.15, 0.2) is 24.3 Å². The summed E-state index contributed by atoms with van der Waals surface area (Å²) in [6.45, 7) is 2.22. The van der Waals surface area contributed by atoms with Gasteiger partial charge in [0.2, 0.25) is 0 Å². The molecule has 1 atom stereocenters. The second-order valence-corrected chi connectivity index (χ2v) is 4.72. The minimum atomic E-state index is -0.220. The van der Waals surface area contributed by atoms with E-state index >= 15 is 0 Å². The van der Waals surface area contributed by atoms with Crippen molar-refractivity contribution in [1.29, 1.82) is 0 Å². The summed E-state index contributed by atoms with van der Waals surface area (Å²) in [4.78, 5) is 11.0. The molecule has 1 saturated heterocycles. The molecule has 5 heteroatoms. The highest BCUT2D eigenvalue weighted by atomic mass is 16.3. The van der Waals surface area contributed by atoms with Crippen LogP contribution in [0.1, 0.15) is 12.2 Å². The van der Waals surface area contributed by atoms with Gasteiger partial charge in [-0.3, -0.25) is 4.90 Å². The van der Waals surface area contributed by atoms with E-state index in [-0.39, 0.29) is 6.10 Å². The van der Waals surface area contributed by atoms with E-state index in [0.29, 0.717) is 18.9 Å². The summed E-state index contributed by atoms with van der Waals surface area (Å²) in [5.74, 6) is 1.25. The first kappa shape index (κ1) is 11.4. The van der Waals surface area contributed by atoms with Gasteiger partial charge in [-0.2, -0.15) is 0 Å². The summed E-state index contributed by atoms with van der Waals surface area (Å²) < 4.78 is 0. The van der Waals surface area contributed by atoms with Crippen molar-refractivity contribution in [2.24, 2.45) is 0 Å². The van der Waals surface area contributed by atoms with Crippen LogP contribution in [0, 0.1) is 0 Å². The normalized spacial score (nSPS) is 20.6. The van der Waals surface area contributed by atoms with E-state index in [0.717, 1.165) is 29.7 Å². The van der Waals surface area contributed by atoms with Gasteiger partial charge >= 0.3 is 0 Å². The van der Waals surface area contributed by atoms with Crippen LogP contribution < -0.4 is 5.73 Å². The summed E-state index contributed by atoms with van der Waals surface area (Å²) in [6.07, 6.45) is 0.603. The van der Waals surface area contributed by atoms with Gasteiger partial charge in [-0.1, -0.05) is 12.1 Å². The predicted molar refractivity (Wildman–Crippen MR) is 69.9 cm³/mol. The number of fused-ring (bicyclic) bond motifs is 1. The minimum absolute atomic E-state index is 0.220. The second-order valence-electron chi connectivity index (χ2n) is 4.72. The molecule has 0 saturated carbocycles. The second kappa shape index (κ2) is 4.51. The molecule has 3 rings (SSSR count). The number of rotatable bonds is 2. The molecule has 0 bridgehead atoms. The highest BCUT2D eigenvalue weighted by Crippen LogP contribution is 2.18. The third kappa shape index (κ3) is 2.14. The molecule has 2 aromatic rings. The molecule has 1 fully saturated rings. The molecule has 3 N–H and O–H groups in total. The SMILES string of the molecule is Nc1nc(CN2CC[C@H](O)C2)nc2ccccc12. The molecule has 1 aliphatic heterocycles. The Balaban J connectivity index is 1.88. The first-order valence-electron chi connectivity index (χ1n) is 6.14. The third-order valence-corrected chi connectivity index (χ3v) is 3.29. The Bertz CT molecular complexity index is 572. The van der Waals surface area contributed by atoms with Gasteiger partial charge in [-0.05, 0) is 18.6 Å². The van der Waals surface area contributed by atoms with Crippen LogP contribution in [0.4, 0.5) is 5.82 Å². The molecule has 94 valence electrons. The van der Waals surface area contributed by atoms with Crippen LogP contribution >= 0.6 is 0 Å². The molecule has 1 aromatic carbocycles. The Kier molecular flexibility index (Phi) is 2.85. The number of β-amino-alcohol motifs (C(OH)–C–C–N with tert-alkyl or cyclic N) is 1. The predicted octanol–water partition coefficient (Wildman–Crippen LogP) is 0.779. The number of nitrogens with zero attached hydrogens (tertiary/aromatic N) is 3. The van der Waals surface area contributed by atoms with Gasteiger partial charge < -0.3 is 10.8 Å². The average molecular weight is 244 g/mol. The standard InChI is InChI=1S/C13H16N4O/c14-13-10-3-1-2-4-11(10)15-12(16-13)8-17-6-5-9(18)7-17/h1-4,9,18H,5-8H2,(H2,14,15,16)/t9-/m0/s1. The number of hydrogen-bond acceptors (Lipinski definition) is 5. The van der Waals surface area contributed by atoms with Gasteiger partial charge in [-0.25, -0.2) is 9.97 Å². The van der Waals surface area contributed by atoms with E-state index in [2.05, 4.69) is 14.9 Å². The van der Waals surface area contributed by atoms with Crippen molar-refractivity contribution < 1.29 is 5.11 Å². The molecule has 5 nitrogen and oxygen atoms in total. The van der Waals surface area contributed by atoms with Crippen molar-refractivity contribution in [2.75, 3.05) is 18.8 Å². The monoisotopic (exact) mass is 244 g/mol. The fraction of sp³-hybridized carbons (Fsp3) is 0.385. The van der Waals surface area contributed by atoms with Gasteiger partial charge in [0.05, 0.1) is 18.2 Å². The van der Waals surface area contributed by atoms with Crippen molar-refractivity contribution in [3.63, 3.8) is 0 Å². The zero-order valence-corrected chi connectivity index (χ0v) is 10.1. The molecule has 2 heterocycles. The van der Waals surface area contributed by atoms with Crippen molar-refractivity contribution >= 4 is 16.7 Å². The van der Waals surface area contributed by atoms with Crippen LogP contribution in [0.5, 0.6) is 0 Å². The lowest BCUT2D eigenvalue weighted by Crippen LogP contribution is -2.23. The number of aliphatic hydroxyl groups is 1. The molecule has 1 aliphatic rings. The summed E-state index contributed by atoms with van der Waals surface area (Å²) >= 11 is 0.